The summed E-state index contributed by atoms with van der Waals surface area (Å²) >= 11 is 1.66. The van der Waals surface area contributed by atoms with Crippen LogP contribution in [0.2, 0.25) is 0 Å². The maximum absolute atomic E-state index is 2.88. The highest BCUT2D eigenvalue weighted by molar-refractivity contribution is 7.07. The number of rotatable bonds is 0. The predicted octanol–water partition coefficient (Wildman–Crippen LogP) is -2.43. The van der Waals surface area contributed by atoms with Crippen molar-refractivity contribution >= 4 is 11.3 Å². The van der Waals surface area contributed by atoms with E-state index in [0.717, 1.165) is 0 Å². The van der Waals surface area contributed by atoms with Crippen molar-refractivity contribution in [3.8, 4) is 0 Å². The van der Waals surface area contributed by atoms with E-state index in [-0.39, 0.29) is 24.0 Å². The molecule has 1 aromatic heterocycles. The summed E-state index contributed by atoms with van der Waals surface area (Å²) in [5.74, 6) is 0. The minimum absolute atomic E-state index is 0. The molecule has 1 nitrogen and oxygen atoms in total. The Morgan fingerprint density at radius 3 is 2.50 bits per heavy atom. The van der Waals surface area contributed by atoms with Crippen LogP contribution in [0, 0.1) is 0 Å². The van der Waals surface area contributed by atoms with E-state index in [1.165, 1.54) is 0 Å². The molecule has 0 bridgehead atoms. The van der Waals surface area contributed by atoms with Crippen LogP contribution in [-0.2, 0) is 0 Å². The van der Waals surface area contributed by atoms with Crippen molar-refractivity contribution in [3.63, 3.8) is 0 Å². The topological polar surface area (TPSA) is 14.1 Å². The summed E-state index contributed by atoms with van der Waals surface area (Å²) in [6.45, 7) is 0. The van der Waals surface area contributed by atoms with E-state index in [0.29, 0.717) is 0 Å². The molecule has 0 unspecified atom stereocenters. The van der Waals surface area contributed by atoms with Crippen LogP contribution in [0.25, 0.3) is 0 Å². The van der Waals surface area contributed by atoms with Crippen molar-refractivity contribution in [1.29, 1.82) is 0 Å². The molecular weight excluding hydrogens is 209 g/mol. The zero-order chi connectivity index (χ0) is 3.54. The van der Waals surface area contributed by atoms with Gasteiger partial charge in [0.1, 0.15) is 0 Å². The van der Waals surface area contributed by atoms with E-state index in [9.17, 15) is 0 Å². The average molecular weight is 213 g/mol. The van der Waals surface area contributed by atoms with Gasteiger partial charge in [-0.05, 0) is 0 Å². The molecule has 0 radical (unpaired) electrons. The Kier molecular flexibility index (Phi) is 3.76. The molecule has 1 heterocycles. The second kappa shape index (κ2) is 3.55. The van der Waals surface area contributed by atoms with Crippen LogP contribution in [0.15, 0.2) is 17.1 Å². The Balaban J connectivity index is 0.000000250. The SMILES string of the molecule is [I-].c1csc[nH+]1. The quantitative estimate of drug-likeness (QED) is 0.425. The Labute approximate surface area is 57.4 Å². The number of nitrogens with one attached hydrogen (secondary N) is 1. The number of aromatic nitrogens is 1. The van der Waals surface area contributed by atoms with Gasteiger partial charge in [0.2, 0.25) is 5.51 Å². The average Bonchev–Trinajstić information content (AvgIpc) is 1.76. The second-order valence-corrected chi connectivity index (χ2v) is 1.50. The highest BCUT2D eigenvalue weighted by atomic mass is 127. The van der Waals surface area contributed by atoms with Crippen molar-refractivity contribution in [2.75, 3.05) is 0 Å². The van der Waals surface area contributed by atoms with E-state index < -0.39 is 0 Å². The molecule has 0 spiro atoms. The molecule has 3 heteroatoms. The minimum atomic E-state index is 0. The van der Waals surface area contributed by atoms with Gasteiger partial charge >= 0.3 is 0 Å². The highest BCUT2D eigenvalue weighted by Gasteiger charge is 1.68. The first-order chi connectivity index (χ1) is 2.50. The van der Waals surface area contributed by atoms with E-state index in [4.69, 9.17) is 0 Å². The molecule has 0 saturated heterocycles. The van der Waals surface area contributed by atoms with Gasteiger partial charge in [0.05, 0.1) is 5.38 Å². The van der Waals surface area contributed by atoms with Gasteiger partial charge in [-0.1, -0.05) is 11.3 Å². The van der Waals surface area contributed by atoms with Gasteiger partial charge in [-0.15, -0.1) is 0 Å². The summed E-state index contributed by atoms with van der Waals surface area (Å²) < 4.78 is 0. The lowest BCUT2D eigenvalue weighted by Crippen LogP contribution is -3.00. The van der Waals surface area contributed by atoms with Crippen LogP contribution in [0.3, 0.4) is 0 Å². The fraction of sp³-hybridized carbons (Fsp3) is 0. The molecule has 0 saturated carbocycles. The van der Waals surface area contributed by atoms with Crippen LogP contribution < -0.4 is 29.0 Å². The zero-order valence-corrected chi connectivity index (χ0v) is 5.99. The van der Waals surface area contributed by atoms with Crippen LogP contribution in [0.5, 0.6) is 0 Å². The molecule has 1 N–H and O–H groups in total. The number of halogens is 1. The summed E-state index contributed by atoms with van der Waals surface area (Å²) in [5.41, 5.74) is 1.92. The summed E-state index contributed by atoms with van der Waals surface area (Å²) in [4.78, 5) is 2.88. The number of thiazole rings is 1. The highest BCUT2D eigenvalue weighted by Crippen LogP contribution is 1.80. The first-order valence-electron chi connectivity index (χ1n) is 1.38. The van der Waals surface area contributed by atoms with Crippen molar-refractivity contribution < 1.29 is 29.0 Å². The maximum atomic E-state index is 2.88. The number of aromatic amines is 1. The normalized spacial score (nSPS) is 6.67. The molecule has 0 aliphatic heterocycles. The van der Waals surface area contributed by atoms with Gasteiger partial charge in [-0.2, -0.15) is 0 Å². The van der Waals surface area contributed by atoms with Gasteiger partial charge in [0.25, 0.3) is 0 Å². The lowest BCUT2D eigenvalue weighted by molar-refractivity contribution is -0.370. The first kappa shape index (κ1) is 6.36. The molecule has 0 aliphatic rings. The van der Waals surface area contributed by atoms with E-state index >= 15 is 0 Å². The van der Waals surface area contributed by atoms with Crippen LogP contribution in [0.4, 0.5) is 0 Å². The van der Waals surface area contributed by atoms with Gasteiger partial charge in [0, 0.05) is 0 Å². The molecule has 1 aromatic rings. The van der Waals surface area contributed by atoms with Gasteiger partial charge in [-0.25, -0.2) is 4.98 Å². The van der Waals surface area contributed by atoms with Crippen LogP contribution >= 0.6 is 11.3 Å². The summed E-state index contributed by atoms with van der Waals surface area (Å²) in [5, 5.41) is 1.99. The molecule has 0 fully saturated rings. The molecule has 0 aromatic carbocycles. The number of hydrogen-bond acceptors (Lipinski definition) is 1. The molecule has 6 heavy (non-hydrogen) atoms. The monoisotopic (exact) mass is 213 g/mol. The van der Waals surface area contributed by atoms with E-state index in [1.807, 2.05) is 17.1 Å². The minimum Gasteiger partial charge on any atom is -1.00 e. The largest absolute Gasteiger partial charge is 1.00 e. The van der Waals surface area contributed by atoms with E-state index in [2.05, 4.69) is 4.98 Å². The van der Waals surface area contributed by atoms with Crippen molar-refractivity contribution in [1.82, 2.24) is 0 Å². The van der Waals surface area contributed by atoms with Crippen molar-refractivity contribution in [3.05, 3.63) is 17.1 Å². The van der Waals surface area contributed by atoms with Crippen molar-refractivity contribution in [2.24, 2.45) is 0 Å². The summed E-state index contributed by atoms with van der Waals surface area (Å²) in [6.07, 6.45) is 1.89. The zero-order valence-electron chi connectivity index (χ0n) is 3.02. The maximum Gasteiger partial charge on any atom is 0.222 e. The van der Waals surface area contributed by atoms with Gasteiger partial charge in [0.15, 0.2) is 6.20 Å². The molecular formula is C3H4INS. The molecule has 0 atom stereocenters. The molecule has 1 rings (SSSR count). The second-order valence-electron chi connectivity index (χ2n) is 0.723. The van der Waals surface area contributed by atoms with Gasteiger partial charge < -0.3 is 24.0 Å². The Morgan fingerprint density at radius 2 is 2.33 bits per heavy atom. The predicted molar refractivity (Wildman–Crippen MR) is 20.9 cm³/mol. The third-order valence-electron chi connectivity index (χ3n) is 0.379. The van der Waals surface area contributed by atoms with Crippen LogP contribution in [-0.4, -0.2) is 0 Å². The van der Waals surface area contributed by atoms with Crippen molar-refractivity contribution in [2.45, 2.75) is 0 Å². The summed E-state index contributed by atoms with van der Waals surface area (Å²) in [6, 6.07) is 0. The number of hydrogen-bond donors (Lipinski definition) is 0. The third-order valence-corrected chi connectivity index (χ3v) is 0.944. The fourth-order valence-corrected chi connectivity index (χ4v) is 0.589. The summed E-state index contributed by atoms with van der Waals surface area (Å²) in [7, 11) is 0. The third kappa shape index (κ3) is 1.71. The molecule has 0 aliphatic carbocycles. The van der Waals surface area contributed by atoms with E-state index in [1.54, 1.807) is 11.3 Å². The lowest BCUT2D eigenvalue weighted by Gasteiger charge is -1.32. The Hall–Kier alpha value is 0.360. The molecule has 0 amide bonds. The molecule has 34 valence electrons. The Morgan fingerprint density at radius 1 is 1.50 bits per heavy atom. The standard InChI is InChI=1S/C3H3NS.HI/c1-2-5-3-4-1;/h1-3H;1H. The number of H-pyrrole nitrogens is 1. The fourth-order valence-electron chi connectivity index (χ4n) is 0.196. The van der Waals surface area contributed by atoms with Crippen LogP contribution in [0.1, 0.15) is 0 Å². The Bertz CT molecular complexity index is 67.3. The first-order valence-corrected chi connectivity index (χ1v) is 2.32. The van der Waals surface area contributed by atoms with Gasteiger partial charge in [-0.3, -0.25) is 0 Å². The smallest absolute Gasteiger partial charge is 0.222 e. The lowest BCUT2D eigenvalue weighted by atomic mass is 11.0.